The standard InChI is InChI=1S/C10H21NO/c11-8-10(12)7-3-6-9-4-1-2-5-9/h9-10,12H,1-8,11H2. The van der Waals surface area contributed by atoms with Crippen LogP contribution in [-0.2, 0) is 0 Å². The van der Waals surface area contributed by atoms with Crippen LogP contribution in [-0.4, -0.2) is 17.8 Å². The van der Waals surface area contributed by atoms with Crippen LogP contribution in [0.25, 0.3) is 0 Å². The number of aliphatic hydroxyl groups is 1. The summed E-state index contributed by atoms with van der Waals surface area (Å²) in [7, 11) is 0. The van der Waals surface area contributed by atoms with Crippen LogP contribution in [0.1, 0.15) is 44.9 Å². The van der Waals surface area contributed by atoms with E-state index < -0.39 is 0 Å². The molecule has 2 nitrogen and oxygen atoms in total. The number of nitrogens with two attached hydrogens (primary N) is 1. The third-order valence-electron chi connectivity index (χ3n) is 2.90. The fourth-order valence-electron chi connectivity index (χ4n) is 2.06. The largest absolute Gasteiger partial charge is 0.392 e. The van der Waals surface area contributed by atoms with Gasteiger partial charge in [-0.2, -0.15) is 0 Å². The maximum atomic E-state index is 9.21. The molecule has 0 aromatic carbocycles. The van der Waals surface area contributed by atoms with Gasteiger partial charge in [0.25, 0.3) is 0 Å². The molecule has 1 unspecified atom stereocenters. The Morgan fingerprint density at radius 3 is 2.58 bits per heavy atom. The lowest BCUT2D eigenvalue weighted by atomic mass is 9.99. The van der Waals surface area contributed by atoms with Crippen LogP contribution in [0.2, 0.25) is 0 Å². The van der Waals surface area contributed by atoms with Crippen molar-refractivity contribution in [1.82, 2.24) is 0 Å². The average Bonchev–Trinajstić information content (AvgIpc) is 2.57. The van der Waals surface area contributed by atoms with Gasteiger partial charge in [0.1, 0.15) is 0 Å². The molecule has 2 heteroatoms. The lowest BCUT2D eigenvalue weighted by Gasteiger charge is -2.10. The molecule has 1 saturated carbocycles. The van der Waals surface area contributed by atoms with Gasteiger partial charge in [-0.1, -0.05) is 38.5 Å². The molecule has 1 atom stereocenters. The zero-order valence-corrected chi connectivity index (χ0v) is 7.84. The second-order valence-electron chi connectivity index (χ2n) is 3.97. The minimum Gasteiger partial charge on any atom is -0.392 e. The van der Waals surface area contributed by atoms with Crippen LogP contribution >= 0.6 is 0 Å². The van der Waals surface area contributed by atoms with E-state index in [1.54, 1.807) is 0 Å². The maximum Gasteiger partial charge on any atom is 0.0662 e. The van der Waals surface area contributed by atoms with Gasteiger partial charge in [0.15, 0.2) is 0 Å². The molecule has 0 spiro atoms. The van der Waals surface area contributed by atoms with E-state index in [2.05, 4.69) is 0 Å². The van der Waals surface area contributed by atoms with Crippen molar-refractivity contribution in [2.75, 3.05) is 6.54 Å². The molecule has 72 valence electrons. The molecule has 1 aliphatic rings. The summed E-state index contributed by atoms with van der Waals surface area (Å²) in [6.45, 7) is 0.421. The lowest BCUT2D eigenvalue weighted by molar-refractivity contribution is 0.166. The summed E-state index contributed by atoms with van der Waals surface area (Å²) in [6, 6.07) is 0. The smallest absolute Gasteiger partial charge is 0.0662 e. The first-order valence-electron chi connectivity index (χ1n) is 5.21. The van der Waals surface area contributed by atoms with Gasteiger partial charge >= 0.3 is 0 Å². The van der Waals surface area contributed by atoms with Gasteiger partial charge in [-0.3, -0.25) is 0 Å². The summed E-state index contributed by atoms with van der Waals surface area (Å²) in [6.07, 6.45) is 8.77. The third kappa shape index (κ3) is 3.55. The molecule has 0 bridgehead atoms. The van der Waals surface area contributed by atoms with E-state index in [1.165, 1.54) is 32.1 Å². The molecule has 3 N–H and O–H groups in total. The molecule has 1 fully saturated rings. The molecule has 0 radical (unpaired) electrons. The molecule has 12 heavy (non-hydrogen) atoms. The van der Waals surface area contributed by atoms with Gasteiger partial charge in [0, 0.05) is 6.54 Å². The molecular weight excluding hydrogens is 150 g/mol. The first-order valence-corrected chi connectivity index (χ1v) is 5.21. The lowest BCUT2D eigenvalue weighted by Crippen LogP contribution is -2.19. The molecular formula is C10H21NO. The normalized spacial score (nSPS) is 21.5. The fraction of sp³-hybridized carbons (Fsp3) is 1.00. The molecule has 0 heterocycles. The summed E-state index contributed by atoms with van der Waals surface area (Å²) in [5.74, 6) is 0.954. The summed E-state index contributed by atoms with van der Waals surface area (Å²) < 4.78 is 0. The number of hydrogen-bond donors (Lipinski definition) is 2. The predicted octanol–water partition coefficient (Wildman–Crippen LogP) is 1.67. The van der Waals surface area contributed by atoms with E-state index in [4.69, 9.17) is 5.73 Å². The fourth-order valence-corrected chi connectivity index (χ4v) is 2.06. The Bertz CT molecular complexity index is 110. The number of hydrogen-bond acceptors (Lipinski definition) is 2. The Morgan fingerprint density at radius 1 is 1.33 bits per heavy atom. The second kappa shape index (κ2) is 5.55. The molecule has 1 aliphatic carbocycles. The van der Waals surface area contributed by atoms with Gasteiger partial charge in [-0.15, -0.1) is 0 Å². The van der Waals surface area contributed by atoms with Crippen LogP contribution in [0.15, 0.2) is 0 Å². The van der Waals surface area contributed by atoms with Gasteiger partial charge in [0.05, 0.1) is 6.10 Å². The van der Waals surface area contributed by atoms with E-state index in [-0.39, 0.29) is 6.10 Å². The topological polar surface area (TPSA) is 46.2 Å². The molecule has 0 saturated heterocycles. The predicted molar refractivity (Wildman–Crippen MR) is 50.9 cm³/mol. The Balaban J connectivity index is 1.94. The Labute approximate surface area is 75.2 Å². The molecule has 1 rings (SSSR count). The van der Waals surface area contributed by atoms with Crippen LogP contribution in [0.3, 0.4) is 0 Å². The van der Waals surface area contributed by atoms with Crippen molar-refractivity contribution in [3.8, 4) is 0 Å². The highest BCUT2D eigenvalue weighted by molar-refractivity contribution is 4.68. The van der Waals surface area contributed by atoms with Gasteiger partial charge in [-0.25, -0.2) is 0 Å². The number of rotatable bonds is 5. The van der Waals surface area contributed by atoms with Crippen molar-refractivity contribution in [2.45, 2.75) is 51.0 Å². The highest BCUT2D eigenvalue weighted by atomic mass is 16.3. The average molecular weight is 171 g/mol. The van der Waals surface area contributed by atoms with Crippen molar-refractivity contribution in [1.29, 1.82) is 0 Å². The van der Waals surface area contributed by atoms with Crippen LogP contribution < -0.4 is 5.73 Å². The van der Waals surface area contributed by atoms with E-state index in [0.717, 1.165) is 18.8 Å². The van der Waals surface area contributed by atoms with Gasteiger partial charge in [-0.05, 0) is 12.3 Å². The van der Waals surface area contributed by atoms with Gasteiger partial charge < -0.3 is 10.8 Å². The zero-order chi connectivity index (χ0) is 8.81. The van der Waals surface area contributed by atoms with Crippen LogP contribution in [0.4, 0.5) is 0 Å². The second-order valence-corrected chi connectivity index (χ2v) is 3.97. The van der Waals surface area contributed by atoms with Crippen molar-refractivity contribution >= 4 is 0 Å². The first-order chi connectivity index (χ1) is 5.83. The summed E-state index contributed by atoms with van der Waals surface area (Å²) >= 11 is 0. The molecule has 0 aromatic heterocycles. The summed E-state index contributed by atoms with van der Waals surface area (Å²) in [5, 5.41) is 9.21. The summed E-state index contributed by atoms with van der Waals surface area (Å²) in [5.41, 5.74) is 5.32. The SMILES string of the molecule is NCC(O)CCCC1CCCC1. The third-order valence-corrected chi connectivity index (χ3v) is 2.90. The van der Waals surface area contributed by atoms with Crippen molar-refractivity contribution in [3.63, 3.8) is 0 Å². The van der Waals surface area contributed by atoms with E-state index >= 15 is 0 Å². The Hall–Kier alpha value is -0.0800. The van der Waals surface area contributed by atoms with Crippen molar-refractivity contribution < 1.29 is 5.11 Å². The van der Waals surface area contributed by atoms with Crippen molar-refractivity contribution in [3.05, 3.63) is 0 Å². The van der Waals surface area contributed by atoms with Gasteiger partial charge in [0.2, 0.25) is 0 Å². The monoisotopic (exact) mass is 171 g/mol. The highest BCUT2D eigenvalue weighted by Gasteiger charge is 2.14. The van der Waals surface area contributed by atoms with Crippen LogP contribution in [0.5, 0.6) is 0 Å². The summed E-state index contributed by atoms with van der Waals surface area (Å²) in [4.78, 5) is 0. The number of aliphatic hydroxyl groups excluding tert-OH is 1. The minimum absolute atomic E-state index is 0.258. The Morgan fingerprint density at radius 2 is 2.00 bits per heavy atom. The first kappa shape index (κ1) is 10.0. The highest BCUT2D eigenvalue weighted by Crippen LogP contribution is 2.28. The molecule has 0 amide bonds. The molecule has 0 aliphatic heterocycles. The molecule has 0 aromatic rings. The Kier molecular flexibility index (Phi) is 4.62. The quantitative estimate of drug-likeness (QED) is 0.661. The zero-order valence-electron chi connectivity index (χ0n) is 7.84. The van der Waals surface area contributed by atoms with E-state index in [9.17, 15) is 5.11 Å². The van der Waals surface area contributed by atoms with E-state index in [0.29, 0.717) is 6.54 Å². The minimum atomic E-state index is -0.258. The van der Waals surface area contributed by atoms with Crippen LogP contribution in [0, 0.1) is 5.92 Å². The maximum absolute atomic E-state index is 9.21. The van der Waals surface area contributed by atoms with Crippen molar-refractivity contribution in [2.24, 2.45) is 11.7 Å². The van der Waals surface area contributed by atoms with E-state index in [1.807, 2.05) is 0 Å².